The molecule has 1 amide bonds. The molecule has 0 saturated carbocycles. The number of nitrogens with zero attached hydrogens (tertiary/aromatic N) is 5. The minimum Gasteiger partial charge on any atom is -0.497 e. The van der Waals surface area contributed by atoms with Crippen LogP contribution in [-0.2, 0) is 6.54 Å². The Balaban J connectivity index is 1.32. The highest BCUT2D eigenvalue weighted by Crippen LogP contribution is 2.27. The second-order valence-corrected chi connectivity index (χ2v) is 8.73. The number of hydrogen-bond acceptors (Lipinski definition) is 6. The summed E-state index contributed by atoms with van der Waals surface area (Å²) in [7, 11) is 1.59. The van der Waals surface area contributed by atoms with Crippen LogP contribution in [0.2, 0.25) is 5.02 Å². The van der Waals surface area contributed by atoms with E-state index in [1.165, 1.54) is 0 Å². The Morgan fingerprint density at radius 2 is 1.94 bits per heavy atom. The van der Waals surface area contributed by atoms with Crippen molar-refractivity contribution < 1.29 is 9.53 Å². The lowest BCUT2D eigenvalue weighted by molar-refractivity contribution is 0.0711. The average Bonchev–Trinajstić information content (AvgIpc) is 3.27. The highest BCUT2D eigenvalue weighted by atomic mass is 35.5. The first-order chi connectivity index (χ1) is 16.5. The normalized spacial score (nSPS) is 14.5. The number of likely N-dealkylation sites (tertiary alicyclic amines) is 1. The zero-order valence-corrected chi connectivity index (χ0v) is 19.3. The summed E-state index contributed by atoms with van der Waals surface area (Å²) >= 11 is 6.09. The van der Waals surface area contributed by atoms with E-state index in [0.29, 0.717) is 60.3 Å². The number of methoxy groups -OCH3 is 1. The van der Waals surface area contributed by atoms with Crippen LogP contribution in [0.4, 0.5) is 0 Å². The smallest absolute Gasteiger partial charge is 0.281 e. The number of benzene rings is 2. The monoisotopic (exact) mass is 478 g/mol. The summed E-state index contributed by atoms with van der Waals surface area (Å²) in [6, 6.07) is 14.6. The molecular weight excluding hydrogens is 456 g/mol. The summed E-state index contributed by atoms with van der Waals surface area (Å²) in [5.74, 6) is 1.34. The quantitative estimate of drug-likeness (QED) is 0.472. The van der Waals surface area contributed by atoms with Crippen molar-refractivity contribution in [2.45, 2.75) is 25.3 Å². The molecule has 2 aromatic heterocycles. The van der Waals surface area contributed by atoms with Gasteiger partial charge >= 0.3 is 0 Å². The number of fused-ring (bicyclic) bond motifs is 1. The number of nitrogens with one attached hydrogen (secondary N) is 1. The number of amides is 1. The van der Waals surface area contributed by atoms with Gasteiger partial charge in [0.1, 0.15) is 11.6 Å². The van der Waals surface area contributed by atoms with Gasteiger partial charge in [0, 0.05) is 29.6 Å². The zero-order valence-electron chi connectivity index (χ0n) is 18.6. The summed E-state index contributed by atoms with van der Waals surface area (Å²) in [5.41, 5.74) is 1.90. The maximum atomic E-state index is 12.9. The van der Waals surface area contributed by atoms with Crippen LogP contribution in [0, 0.1) is 0 Å². The maximum Gasteiger partial charge on any atom is 0.281 e. The molecule has 1 saturated heterocycles. The molecule has 1 N–H and O–H groups in total. The van der Waals surface area contributed by atoms with Gasteiger partial charge < -0.3 is 14.6 Å². The van der Waals surface area contributed by atoms with Crippen molar-refractivity contribution in [2.75, 3.05) is 20.2 Å². The number of rotatable bonds is 5. The molecule has 2 aromatic carbocycles. The molecule has 1 fully saturated rings. The number of halogens is 1. The van der Waals surface area contributed by atoms with Crippen molar-refractivity contribution in [3.8, 4) is 5.75 Å². The van der Waals surface area contributed by atoms with Crippen LogP contribution in [0.25, 0.3) is 11.2 Å². The minimum absolute atomic E-state index is 0.0122. The number of hydrogen-bond donors (Lipinski definition) is 1. The SMILES string of the molecule is COc1ccc(C(=O)N2CCC(c3nc4c(nnn4Cc4cccc(Cl)c4)c(=O)[nH]3)CC2)cc1. The largest absolute Gasteiger partial charge is 0.497 e. The van der Waals surface area contributed by atoms with Gasteiger partial charge in [0.05, 0.1) is 13.7 Å². The topological polar surface area (TPSA) is 106 Å². The van der Waals surface area contributed by atoms with Gasteiger partial charge in [0.25, 0.3) is 11.5 Å². The van der Waals surface area contributed by atoms with Crippen LogP contribution in [-0.4, -0.2) is 56.0 Å². The van der Waals surface area contributed by atoms with E-state index in [-0.39, 0.29) is 22.9 Å². The third-order valence-electron chi connectivity index (χ3n) is 6.12. The second kappa shape index (κ2) is 9.26. The summed E-state index contributed by atoms with van der Waals surface area (Å²) < 4.78 is 6.77. The molecule has 0 radical (unpaired) electrons. The molecule has 0 bridgehead atoms. The number of carbonyl (C=O) groups is 1. The number of ether oxygens (including phenoxy) is 1. The van der Waals surface area contributed by atoms with Crippen LogP contribution in [0.15, 0.2) is 53.3 Å². The second-order valence-electron chi connectivity index (χ2n) is 8.30. The highest BCUT2D eigenvalue weighted by molar-refractivity contribution is 6.30. The summed E-state index contributed by atoms with van der Waals surface area (Å²) in [6.45, 7) is 1.57. The molecule has 0 spiro atoms. The van der Waals surface area contributed by atoms with E-state index in [4.69, 9.17) is 21.3 Å². The number of aromatic nitrogens is 5. The van der Waals surface area contributed by atoms with Gasteiger partial charge in [-0.05, 0) is 54.8 Å². The zero-order chi connectivity index (χ0) is 23.7. The fraction of sp³-hybridized carbons (Fsp3) is 0.292. The van der Waals surface area contributed by atoms with Gasteiger partial charge in [0.2, 0.25) is 0 Å². The molecule has 0 unspecified atom stereocenters. The first kappa shape index (κ1) is 22.1. The van der Waals surface area contributed by atoms with Crippen molar-refractivity contribution in [1.29, 1.82) is 0 Å². The first-order valence-corrected chi connectivity index (χ1v) is 11.4. The van der Waals surface area contributed by atoms with Crippen molar-refractivity contribution >= 4 is 28.7 Å². The molecule has 5 rings (SSSR count). The summed E-state index contributed by atoms with van der Waals surface area (Å²) in [6.07, 6.45) is 1.40. The van der Waals surface area contributed by atoms with Gasteiger partial charge in [-0.2, -0.15) is 0 Å². The van der Waals surface area contributed by atoms with Crippen molar-refractivity contribution in [3.63, 3.8) is 0 Å². The molecular formula is C24H23ClN6O3. The van der Waals surface area contributed by atoms with E-state index in [1.807, 2.05) is 23.1 Å². The first-order valence-electron chi connectivity index (χ1n) is 11.0. The van der Waals surface area contributed by atoms with Gasteiger partial charge in [-0.15, -0.1) is 5.10 Å². The van der Waals surface area contributed by atoms with E-state index in [9.17, 15) is 9.59 Å². The predicted octanol–water partition coefficient (Wildman–Crippen LogP) is 3.24. The van der Waals surface area contributed by atoms with Crippen molar-refractivity contribution in [3.05, 3.63) is 80.9 Å². The Kier molecular flexibility index (Phi) is 6.02. The molecule has 10 heteroatoms. The van der Waals surface area contributed by atoms with E-state index >= 15 is 0 Å². The van der Waals surface area contributed by atoms with E-state index in [2.05, 4.69) is 15.3 Å². The van der Waals surface area contributed by atoms with Crippen LogP contribution >= 0.6 is 11.6 Å². The Labute approximate surface area is 200 Å². The third kappa shape index (κ3) is 4.38. The molecule has 1 aliphatic rings. The predicted molar refractivity (Wildman–Crippen MR) is 127 cm³/mol. The minimum atomic E-state index is -0.311. The highest BCUT2D eigenvalue weighted by Gasteiger charge is 2.27. The van der Waals surface area contributed by atoms with Crippen LogP contribution < -0.4 is 10.3 Å². The van der Waals surface area contributed by atoms with E-state index in [0.717, 1.165) is 5.56 Å². The number of piperidine rings is 1. The summed E-state index contributed by atoms with van der Waals surface area (Å²) in [5, 5.41) is 8.77. The van der Waals surface area contributed by atoms with Gasteiger partial charge in [0.15, 0.2) is 11.2 Å². The van der Waals surface area contributed by atoms with Crippen LogP contribution in [0.1, 0.15) is 40.5 Å². The van der Waals surface area contributed by atoms with E-state index < -0.39 is 0 Å². The van der Waals surface area contributed by atoms with Gasteiger partial charge in [-0.25, -0.2) is 9.67 Å². The number of H-pyrrole nitrogens is 1. The average molecular weight is 479 g/mol. The van der Waals surface area contributed by atoms with E-state index in [1.54, 1.807) is 42.1 Å². The molecule has 9 nitrogen and oxygen atoms in total. The third-order valence-corrected chi connectivity index (χ3v) is 6.35. The molecule has 3 heterocycles. The molecule has 0 atom stereocenters. The Hall–Kier alpha value is -3.72. The van der Waals surface area contributed by atoms with Crippen LogP contribution in [0.5, 0.6) is 5.75 Å². The Morgan fingerprint density at radius 3 is 2.65 bits per heavy atom. The molecule has 4 aromatic rings. The maximum absolute atomic E-state index is 12.9. The lowest BCUT2D eigenvalue weighted by Crippen LogP contribution is -2.38. The fourth-order valence-electron chi connectivity index (χ4n) is 4.26. The fourth-order valence-corrected chi connectivity index (χ4v) is 4.48. The number of carbonyl (C=O) groups excluding carboxylic acids is 1. The van der Waals surface area contributed by atoms with Crippen LogP contribution in [0.3, 0.4) is 0 Å². The molecule has 0 aliphatic carbocycles. The van der Waals surface area contributed by atoms with Crippen molar-refractivity contribution in [1.82, 2.24) is 29.9 Å². The Bertz CT molecular complexity index is 1390. The number of aromatic amines is 1. The lowest BCUT2D eigenvalue weighted by Gasteiger charge is -2.31. The molecule has 1 aliphatic heterocycles. The standard InChI is InChI=1S/C24H23ClN6O3/c1-34-19-7-5-17(6-8-19)24(33)30-11-9-16(10-12-30)21-26-22-20(23(32)27-21)28-29-31(22)14-15-3-2-4-18(25)13-15/h2-8,13,16H,9-12,14H2,1H3,(H,26,27,32). The summed E-state index contributed by atoms with van der Waals surface area (Å²) in [4.78, 5) is 35.0. The molecule has 174 valence electrons. The Morgan fingerprint density at radius 1 is 1.18 bits per heavy atom. The van der Waals surface area contributed by atoms with Gasteiger partial charge in [-0.3, -0.25) is 9.59 Å². The van der Waals surface area contributed by atoms with Gasteiger partial charge in [-0.1, -0.05) is 28.9 Å². The molecule has 34 heavy (non-hydrogen) atoms. The lowest BCUT2D eigenvalue weighted by atomic mass is 9.95. The van der Waals surface area contributed by atoms with Crippen molar-refractivity contribution in [2.24, 2.45) is 0 Å².